The molecule has 0 amide bonds. The van der Waals surface area contributed by atoms with Gasteiger partial charge in [-0.15, -0.1) is 0 Å². The number of nitrogens with one attached hydrogen (secondary N) is 1. The Hall–Kier alpha value is -1.13. The van der Waals surface area contributed by atoms with Crippen LogP contribution in [-0.4, -0.2) is 22.7 Å². The van der Waals surface area contributed by atoms with Gasteiger partial charge in [-0.25, -0.2) is 4.98 Å². The molecule has 1 aromatic carbocycles. The molecule has 0 bridgehead atoms. The average Bonchev–Trinajstić information content (AvgIpc) is 2.68. The number of hydrogen-bond acceptors (Lipinski definition) is 4. The minimum Gasteiger partial charge on any atom is -0.394 e. The zero-order valence-electron chi connectivity index (χ0n) is 8.60. The number of rotatable bonds is 4. The second-order valence-electron chi connectivity index (χ2n) is 3.42. The fourth-order valence-corrected chi connectivity index (χ4v) is 2.33. The molecule has 80 valence electrons. The molecular formula is C11H14N2OS. The van der Waals surface area contributed by atoms with Gasteiger partial charge in [0.15, 0.2) is 5.13 Å². The van der Waals surface area contributed by atoms with Crippen molar-refractivity contribution < 1.29 is 5.11 Å². The molecule has 0 saturated heterocycles. The Bertz CT molecular complexity index is 404. The fraction of sp³-hybridized carbons (Fsp3) is 0.364. The summed E-state index contributed by atoms with van der Waals surface area (Å²) in [7, 11) is 0. The summed E-state index contributed by atoms with van der Waals surface area (Å²) in [6, 6.07) is 8.14. The number of hydrogen-bond donors (Lipinski definition) is 2. The van der Waals surface area contributed by atoms with Crippen molar-refractivity contribution in [3.8, 4) is 0 Å². The van der Waals surface area contributed by atoms with Crippen molar-refractivity contribution >= 4 is 26.7 Å². The van der Waals surface area contributed by atoms with Crippen LogP contribution in [0.15, 0.2) is 24.3 Å². The van der Waals surface area contributed by atoms with Gasteiger partial charge in [-0.2, -0.15) is 0 Å². The first-order chi connectivity index (χ1) is 7.33. The molecule has 1 aromatic heterocycles. The molecule has 15 heavy (non-hydrogen) atoms. The Kier molecular flexibility index (Phi) is 3.18. The Morgan fingerprint density at radius 1 is 1.47 bits per heavy atom. The van der Waals surface area contributed by atoms with E-state index in [9.17, 15) is 0 Å². The van der Waals surface area contributed by atoms with Crippen molar-refractivity contribution in [3.05, 3.63) is 24.3 Å². The lowest BCUT2D eigenvalue weighted by Gasteiger charge is -2.11. The number of aliphatic hydroxyl groups is 1. The van der Waals surface area contributed by atoms with Crippen LogP contribution in [0.4, 0.5) is 5.13 Å². The van der Waals surface area contributed by atoms with Gasteiger partial charge >= 0.3 is 0 Å². The predicted octanol–water partition coefficient (Wildman–Crippen LogP) is 2.48. The normalized spacial score (nSPS) is 12.9. The van der Waals surface area contributed by atoms with Crippen LogP contribution < -0.4 is 5.32 Å². The molecule has 1 atom stereocenters. The molecule has 1 unspecified atom stereocenters. The summed E-state index contributed by atoms with van der Waals surface area (Å²) in [5, 5.41) is 13.2. The van der Waals surface area contributed by atoms with E-state index in [0.717, 1.165) is 17.1 Å². The molecule has 3 nitrogen and oxygen atoms in total. The minimum atomic E-state index is 0.102. The molecule has 2 rings (SSSR count). The molecule has 2 aromatic rings. The zero-order chi connectivity index (χ0) is 10.7. The van der Waals surface area contributed by atoms with Gasteiger partial charge in [-0.3, -0.25) is 0 Å². The van der Waals surface area contributed by atoms with Gasteiger partial charge in [-0.05, 0) is 18.6 Å². The maximum absolute atomic E-state index is 9.08. The van der Waals surface area contributed by atoms with Gasteiger partial charge < -0.3 is 10.4 Å². The summed E-state index contributed by atoms with van der Waals surface area (Å²) in [6.45, 7) is 2.19. The van der Waals surface area contributed by atoms with Crippen molar-refractivity contribution in [1.29, 1.82) is 0 Å². The van der Waals surface area contributed by atoms with Crippen LogP contribution in [0.5, 0.6) is 0 Å². The molecule has 0 aliphatic carbocycles. The quantitative estimate of drug-likeness (QED) is 0.835. The minimum absolute atomic E-state index is 0.102. The largest absolute Gasteiger partial charge is 0.394 e. The van der Waals surface area contributed by atoms with Crippen molar-refractivity contribution in [1.82, 2.24) is 4.98 Å². The van der Waals surface area contributed by atoms with Gasteiger partial charge in [0, 0.05) is 0 Å². The summed E-state index contributed by atoms with van der Waals surface area (Å²) < 4.78 is 1.17. The van der Waals surface area contributed by atoms with E-state index in [0.29, 0.717) is 0 Å². The number of aromatic nitrogens is 1. The third kappa shape index (κ3) is 2.27. The maximum Gasteiger partial charge on any atom is 0.184 e. The van der Waals surface area contributed by atoms with Crippen molar-refractivity contribution in [2.45, 2.75) is 19.4 Å². The molecule has 0 aliphatic rings. The zero-order valence-corrected chi connectivity index (χ0v) is 9.42. The summed E-state index contributed by atoms with van der Waals surface area (Å²) in [4.78, 5) is 4.44. The van der Waals surface area contributed by atoms with Crippen LogP contribution in [-0.2, 0) is 0 Å². The lowest BCUT2D eigenvalue weighted by molar-refractivity contribution is 0.272. The van der Waals surface area contributed by atoms with E-state index in [4.69, 9.17) is 5.11 Å². The first kappa shape index (κ1) is 10.4. The first-order valence-electron chi connectivity index (χ1n) is 5.06. The van der Waals surface area contributed by atoms with Crippen molar-refractivity contribution in [2.24, 2.45) is 0 Å². The summed E-state index contributed by atoms with van der Waals surface area (Å²) in [5.41, 5.74) is 1.01. The number of benzene rings is 1. The van der Waals surface area contributed by atoms with E-state index < -0.39 is 0 Å². The molecule has 0 radical (unpaired) electrons. The highest BCUT2D eigenvalue weighted by atomic mass is 32.1. The van der Waals surface area contributed by atoms with Crippen LogP contribution in [0.3, 0.4) is 0 Å². The Labute approximate surface area is 92.8 Å². The van der Waals surface area contributed by atoms with E-state index in [1.54, 1.807) is 11.3 Å². The molecule has 0 fully saturated rings. The lowest BCUT2D eigenvalue weighted by atomic mass is 10.2. The Morgan fingerprint density at radius 2 is 2.27 bits per heavy atom. The smallest absolute Gasteiger partial charge is 0.184 e. The third-order valence-electron chi connectivity index (χ3n) is 2.33. The fourth-order valence-electron chi connectivity index (χ4n) is 1.39. The molecule has 0 aliphatic heterocycles. The number of thiazole rings is 1. The molecule has 1 heterocycles. The second-order valence-corrected chi connectivity index (χ2v) is 4.45. The number of para-hydroxylation sites is 1. The number of aliphatic hydroxyl groups excluding tert-OH is 1. The van der Waals surface area contributed by atoms with Gasteiger partial charge in [0.2, 0.25) is 0 Å². The van der Waals surface area contributed by atoms with Crippen LogP contribution in [0, 0.1) is 0 Å². The average molecular weight is 222 g/mol. The van der Waals surface area contributed by atoms with Gasteiger partial charge in [0.1, 0.15) is 0 Å². The molecular weight excluding hydrogens is 208 g/mol. The highest BCUT2D eigenvalue weighted by Gasteiger charge is 2.07. The van der Waals surface area contributed by atoms with Crippen LogP contribution in [0.1, 0.15) is 13.3 Å². The molecule has 0 spiro atoms. The monoisotopic (exact) mass is 222 g/mol. The molecule has 4 heteroatoms. The summed E-state index contributed by atoms with van der Waals surface area (Å²) >= 11 is 1.62. The van der Waals surface area contributed by atoms with E-state index >= 15 is 0 Å². The van der Waals surface area contributed by atoms with E-state index in [1.807, 2.05) is 25.1 Å². The van der Waals surface area contributed by atoms with Crippen LogP contribution in [0.2, 0.25) is 0 Å². The maximum atomic E-state index is 9.08. The molecule has 0 saturated carbocycles. The number of nitrogens with zero attached hydrogens (tertiary/aromatic N) is 1. The first-order valence-corrected chi connectivity index (χ1v) is 5.88. The van der Waals surface area contributed by atoms with Crippen molar-refractivity contribution in [3.63, 3.8) is 0 Å². The SMILES string of the molecule is CCC(CO)Nc1nc2ccccc2s1. The second kappa shape index (κ2) is 4.59. The van der Waals surface area contributed by atoms with Crippen molar-refractivity contribution in [2.75, 3.05) is 11.9 Å². The highest BCUT2D eigenvalue weighted by molar-refractivity contribution is 7.22. The van der Waals surface area contributed by atoms with Gasteiger partial charge in [0.05, 0.1) is 22.9 Å². The Balaban J connectivity index is 2.21. The number of anilines is 1. The predicted molar refractivity (Wildman–Crippen MR) is 64.4 cm³/mol. The van der Waals surface area contributed by atoms with Gasteiger partial charge in [-0.1, -0.05) is 30.4 Å². The third-order valence-corrected chi connectivity index (χ3v) is 3.30. The highest BCUT2D eigenvalue weighted by Crippen LogP contribution is 2.25. The summed E-state index contributed by atoms with van der Waals surface area (Å²) in [6.07, 6.45) is 0.895. The Morgan fingerprint density at radius 3 is 2.93 bits per heavy atom. The van der Waals surface area contributed by atoms with Gasteiger partial charge in [0.25, 0.3) is 0 Å². The van der Waals surface area contributed by atoms with Crippen LogP contribution >= 0.6 is 11.3 Å². The topological polar surface area (TPSA) is 45.1 Å². The molecule has 2 N–H and O–H groups in total. The van der Waals surface area contributed by atoms with E-state index in [-0.39, 0.29) is 12.6 Å². The number of fused-ring (bicyclic) bond motifs is 1. The standard InChI is InChI=1S/C11H14N2OS/c1-2-8(7-14)12-11-13-9-5-3-4-6-10(9)15-11/h3-6,8,14H,2,7H2,1H3,(H,12,13). The van der Waals surface area contributed by atoms with E-state index in [1.165, 1.54) is 4.70 Å². The van der Waals surface area contributed by atoms with E-state index in [2.05, 4.69) is 16.4 Å². The summed E-state index contributed by atoms with van der Waals surface area (Å²) in [5.74, 6) is 0. The lowest BCUT2D eigenvalue weighted by Crippen LogP contribution is -2.22. The van der Waals surface area contributed by atoms with Crippen LogP contribution in [0.25, 0.3) is 10.2 Å².